The van der Waals surface area contributed by atoms with Crippen LogP contribution in [-0.4, -0.2) is 49.8 Å². The van der Waals surface area contributed by atoms with Crippen LogP contribution in [0.5, 0.6) is 5.75 Å². The summed E-state index contributed by atoms with van der Waals surface area (Å²) < 4.78 is 8.32. The molecule has 1 aromatic carbocycles. The Hall–Kier alpha value is -2.80. The summed E-state index contributed by atoms with van der Waals surface area (Å²) in [6.07, 6.45) is 2.22. The Kier molecular flexibility index (Phi) is 5.08. The molecule has 152 valence electrons. The summed E-state index contributed by atoms with van der Waals surface area (Å²) in [5.41, 5.74) is 4.21. The van der Waals surface area contributed by atoms with Crippen LogP contribution < -0.4 is 4.74 Å². The van der Waals surface area contributed by atoms with Crippen molar-refractivity contribution in [3.05, 3.63) is 40.8 Å². The highest BCUT2D eigenvalue weighted by Crippen LogP contribution is 2.39. The van der Waals surface area contributed by atoms with Crippen LogP contribution in [0.15, 0.2) is 24.4 Å². The first kappa shape index (κ1) is 19.5. The first-order valence-corrected chi connectivity index (χ1v) is 9.96. The zero-order valence-electron chi connectivity index (χ0n) is 16.6. The molecule has 1 fully saturated rings. The number of aryl methyl sites for hydroxylation is 3. The Labute approximate surface area is 173 Å². The number of ether oxygens (including phenoxy) is 1. The number of nitrogens with zero attached hydrogens (tertiary/aromatic N) is 4. The number of fused-ring (bicyclic) bond motifs is 1. The number of pyridine rings is 1. The molecule has 1 aliphatic heterocycles. The molecule has 2 aromatic heterocycles. The third kappa shape index (κ3) is 3.62. The summed E-state index contributed by atoms with van der Waals surface area (Å²) in [5, 5.41) is 9.94. The lowest BCUT2D eigenvalue weighted by Crippen LogP contribution is -2.43. The zero-order valence-corrected chi connectivity index (χ0v) is 17.4. The Morgan fingerprint density at radius 1 is 1.31 bits per heavy atom. The van der Waals surface area contributed by atoms with Crippen LogP contribution in [0, 0.1) is 13.8 Å². The van der Waals surface area contributed by atoms with Gasteiger partial charge in [-0.25, -0.2) is 14.8 Å². The number of rotatable bonds is 3. The minimum absolute atomic E-state index is 0.207. The van der Waals surface area contributed by atoms with E-state index >= 15 is 0 Å². The second kappa shape index (κ2) is 7.55. The lowest BCUT2D eigenvalue weighted by Gasteiger charge is -2.32. The van der Waals surface area contributed by atoms with Crippen LogP contribution in [0.1, 0.15) is 24.2 Å². The number of halogens is 1. The van der Waals surface area contributed by atoms with E-state index in [1.807, 2.05) is 43.7 Å². The monoisotopic (exact) mass is 414 g/mol. The Morgan fingerprint density at radius 2 is 2.10 bits per heavy atom. The minimum atomic E-state index is -0.911. The molecule has 1 aliphatic rings. The maximum absolute atomic E-state index is 11.4. The second-order valence-electron chi connectivity index (χ2n) is 7.46. The number of likely N-dealkylation sites (tertiary alicyclic amines) is 1. The summed E-state index contributed by atoms with van der Waals surface area (Å²) >= 11 is 6.38. The van der Waals surface area contributed by atoms with Crippen LogP contribution in [0.3, 0.4) is 0 Å². The number of aromatic nitrogens is 3. The summed E-state index contributed by atoms with van der Waals surface area (Å²) in [7, 11) is 1.94. The number of amides is 1. The predicted molar refractivity (Wildman–Crippen MR) is 112 cm³/mol. The van der Waals surface area contributed by atoms with Crippen molar-refractivity contribution >= 4 is 28.9 Å². The van der Waals surface area contributed by atoms with E-state index in [0.29, 0.717) is 23.9 Å². The van der Waals surface area contributed by atoms with E-state index in [0.717, 1.165) is 46.5 Å². The Morgan fingerprint density at radius 3 is 2.86 bits per heavy atom. The highest BCUT2D eigenvalue weighted by molar-refractivity contribution is 6.31. The third-order valence-corrected chi connectivity index (χ3v) is 5.66. The van der Waals surface area contributed by atoms with Crippen LogP contribution in [-0.2, 0) is 7.05 Å². The molecule has 1 saturated heterocycles. The smallest absolute Gasteiger partial charge is 0.407 e. The molecule has 0 radical (unpaired) electrons. The third-order valence-electron chi connectivity index (χ3n) is 5.44. The number of carbonyl (C=O) groups is 1. The molecule has 1 N–H and O–H groups in total. The van der Waals surface area contributed by atoms with Crippen molar-refractivity contribution in [3.63, 3.8) is 0 Å². The van der Waals surface area contributed by atoms with Gasteiger partial charge in [0.15, 0.2) is 5.65 Å². The number of hydrogen-bond acceptors (Lipinski definition) is 4. The van der Waals surface area contributed by atoms with E-state index in [1.54, 1.807) is 6.20 Å². The van der Waals surface area contributed by atoms with Crippen LogP contribution >= 0.6 is 11.6 Å². The average molecular weight is 415 g/mol. The van der Waals surface area contributed by atoms with E-state index in [9.17, 15) is 9.90 Å². The van der Waals surface area contributed by atoms with Crippen molar-refractivity contribution in [3.8, 4) is 16.9 Å². The zero-order chi connectivity index (χ0) is 20.7. The van der Waals surface area contributed by atoms with Gasteiger partial charge < -0.3 is 19.3 Å². The van der Waals surface area contributed by atoms with E-state index < -0.39 is 6.09 Å². The Balaban J connectivity index is 1.79. The summed E-state index contributed by atoms with van der Waals surface area (Å²) in [5.74, 6) is 1.58. The first-order valence-electron chi connectivity index (χ1n) is 9.58. The molecule has 0 aliphatic carbocycles. The summed E-state index contributed by atoms with van der Waals surface area (Å²) in [6.45, 7) is 4.78. The molecule has 1 amide bonds. The molecule has 7 nitrogen and oxygen atoms in total. The average Bonchev–Trinajstić information content (AvgIpc) is 2.98. The molecule has 4 rings (SSSR count). The lowest BCUT2D eigenvalue weighted by molar-refractivity contribution is 0.0791. The van der Waals surface area contributed by atoms with Gasteiger partial charge in [0.05, 0.1) is 6.54 Å². The summed E-state index contributed by atoms with van der Waals surface area (Å²) in [6, 6.07) is 5.65. The minimum Gasteiger partial charge on any atom is -0.488 e. The van der Waals surface area contributed by atoms with Crippen molar-refractivity contribution in [1.82, 2.24) is 19.4 Å². The van der Waals surface area contributed by atoms with E-state index in [1.165, 1.54) is 4.90 Å². The normalized spacial score (nSPS) is 17.0. The SMILES string of the molecule is Cc1cc(Cl)cc(-c2ccnc3c2nc(C)n3C)c1O[C@H]1CCCN(C(=O)O)C1. The van der Waals surface area contributed by atoms with Crippen LogP contribution in [0.2, 0.25) is 5.02 Å². The highest BCUT2D eigenvalue weighted by atomic mass is 35.5. The topological polar surface area (TPSA) is 80.5 Å². The Bertz CT molecular complexity index is 1100. The van der Waals surface area contributed by atoms with Crippen molar-refractivity contribution in [2.45, 2.75) is 32.8 Å². The van der Waals surface area contributed by atoms with E-state index in [-0.39, 0.29) is 6.10 Å². The highest BCUT2D eigenvalue weighted by Gasteiger charge is 2.26. The molecular weight excluding hydrogens is 392 g/mol. The van der Waals surface area contributed by atoms with Gasteiger partial charge in [-0.1, -0.05) is 11.6 Å². The molecule has 3 aromatic rings. The van der Waals surface area contributed by atoms with Gasteiger partial charge in [-0.2, -0.15) is 0 Å². The van der Waals surface area contributed by atoms with Crippen LogP contribution in [0.4, 0.5) is 4.79 Å². The van der Waals surface area contributed by atoms with Crippen molar-refractivity contribution < 1.29 is 14.6 Å². The molecule has 1 atom stereocenters. The standard InChI is InChI=1S/C21H23ClN4O3/c1-12-9-14(22)10-17(16-6-7-23-20-18(16)24-13(2)25(20)3)19(12)29-15-5-4-8-26(11-15)21(27)28/h6-7,9-10,15H,4-5,8,11H2,1-3H3,(H,27,28)/t15-/m0/s1. The maximum atomic E-state index is 11.4. The largest absolute Gasteiger partial charge is 0.488 e. The molecule has 0 spiro atoms. The molecule has 0 saturated carbocycles. The fraction of sp³-hybridized carbons (Fsp3) is 0.381. The first-order chi connectivity index (χ1) is 13.8. The fourth-order valence-electron chi connectivity index (χ4n) is 3.87. The molecule has 8 heteroatoms. The quantitative estimate of drug-likeness (QED) is 0.685. The fourth-order valence-corrected chi connectivity index (χ4v) is 4.14. The molecule has 29 heavy (non-hydrogen) atoms. The van der Waals surface area contributed by atoms with Crippen molar-refractivity contribution in [1.29, 1.82) is 0 Å². The van der Waals surface area contributed by atoms with Gasteiger partial charge in [-0.3, -0.25) is 0 Å². The van der Waals surface area contributed by atoms with Gasteiger partial charge in [-0.15, -0.1) is 0 Å². The predicted octanol–water partition coefficient (Wildman–Crippen LogP) is 4.43. The van der Waals surface area contributed by atoms with E-state index in [4.69, 9.17) is 16.3 Å². The number of piperidine rings is 1. The second-order valence-corrected chi connectivity index (χ2v) is 7.90. The number of hydrogen-bond donors (Lipinski definition) is 1. The van der Waals surface area contributed by atoms with Gasteiger partial charge >= 0.3 is 6.09 Å². The van der Waals surface area contributed by atoms with E-state index in [2.05, 4.69) is 9.97 Å². The molecule has 0 bridgehead atoms. The molecule has 0 unspecified atom stereocenters. The van der Waals surface area contributed by atoms with Gasteiger partial charge in [0.1, 0.15) is 23.2 Å². The number of imidazole rings is 1. The van der Waals surface area contributed by atoms with Crippen molar-refractivity contribution in [2.24, 2.45) is 7.05 Å². The lowest BCUT2D eigenvalue weighted by atomic mass is 10.0. The summed E-state index contributed by atoms with van der Waals surface area (Å²) in [4.78, 5) is 21.9. The molecular formula is C21H23ClN4O3. The number of carboxylic acid groups (broad SMARTS) is 1. The van der Waals surface area contributed by atoms with Gasteiger partial charge in [-0.05, 0) is 50.5 Å². The van der Waals surface area contributed by atoms with Crippen LogP contribution in [0.25, 0.3) is 22.3 Å². The van der Waals surface area contributed by atoms with Gasteiger partial charge in [0.25, 0.3) is 0 Å². The number of benzene rings is 1. The molecule has 3 heterocycles. The van der Waals surface area contributed by atoms with Crippen molar-refractivity contribution in [2.75, 3.05) is 13.1 Å². The maximum Gasteiger partial charge on any atom is 0.407 e. The van der Waals surface area contributed by atoms with Gasteiger partial charge in [0, 0.05) is 35.9 Å². The van der Waals surface area contributed by atoms with Gasteiger partial charge in [0.2, 0.25) is 0 Å².